The van der Waals surface area contributed by atoms with Crippen molar-refractivity contribution >= 4 is 24.5 Å². The molecule has 0 aromatic carbocycles. The first-order valence-electron chi connectivity index (χ1n) is 6.08. The van der Waals surface area contributed by atoms with Gasteiger partial charge in [-0.1, -0.05) is 42.6 Å². The molecule has 0 bridgehead atoms. The largest absolute Gasteiger partial charge is 0.394 e. The summed E-state index contributed by atoms with van der Waals surface area (Å²) < 4.78 is 12.4. The van der Waals surface area contributed by atoms with Crippen molar-refractivity contribution in [2.45, 2.75) is 57.5 Å². The fraction of sp³-hybridized carbons (Fsp3) is 1.00. The van der Waals surface area contributed by atoms with E-state index in [-0.39, 0.29) is 0 Å². The summed E-state index contributed by atoms with van der Waals surface area (Å²) in [7, 11) is -2.00. The molecule has 0 amide bonds. The molecule has 1 unspecified atom stereocenters. The van der Waals surface area contributed by atoms with Crippen LogP contribution < -0.4 is 0 Å². The minimum Gasteiger partial charge on any atom is -0.394 e. The third-order valence-corrected chi connectivity index (χ3v) is 9.20. The standard InChI is InChI=1S/C11H25BrO2Si/c1-5-9-10-15(13-7-3,14-8-4)11(12)6-2/h11H,5-10H2,1-4H3. The van der Waals surface area contributed by atoms with Crippen LogP contribution in [0.5, 0.6) is 0 Å². The van der Waals surface area contributed by atoms with Gasteiger partial charge in [-0.05, 0) is 26.3 Å². The molecule has 1 atom stereocenters. The molecule has 2 nitrogen and oxygen atoms in total. The molecule has 4 heteroatoms. The topological polar surface area (TPSA) is 18.5 Å². The van der Waals surface area contributed by atoms with E-state index in [1.54, 1.807) is 0 Å². The van der Waals surface area contributed by atoms with Crippen molar-refractivity contribution in [1.82, 2.24) is 0 Å². The van der Waals surface area contributed by atoms with E-state index in [1.165, 1.54) is 12.8 Å². The highest BCUT2D eigenvalue weighted by molar-refractivity contribution is 9.10. The van der Waals surface area contributed by atoms with Gasteiger partial charge in [0, 0.05) is 13.2 Å². The van der Waals surface area contributed by atoms with Crippen molar-refractivity contribution in [3.05, 3.63) is 0 Å². The molecule has 0 aromatic heterocycles. The Morgan fingerprint density at radius 2 is 1.60 bits per heavy atom. The summed E-state index contributed by atoms with van der Waals surface area (Å²) in [6, 6.07) is 1.11. The molecule has 0 saturated heterocycles. The molecule has 0 radical (unpaired) electrons. The lowest BCUT2D eigenvalue weighted by Crippen LogP contribution is -2.50. The fourth-order valence-corrected chi connectivity index (χ4v) is 6.72. The van der Waals surface area contributed by atoms with Crippen molar-refractivity contribution in [3.63, 3.8) is 0 Å². The Labute approximate surface area is 104 Å². The van der Waals surface area contributed by atoms with Crippen LogP contribution in [0.2, 0.25) is 6.04 Å². The minimum atomic E-state index is -2.00. The van der Waals surface area contributed by atoms with E-state index in [0.29, 0.717) is 4.45 Å². The van der Waals surface area contributed by atoms with E-state index in [1.807, 2.05) is 0 Å². The Balaban J connectivity index is 4.54. The molecule has 0 aliphatic rings. The Bertz CT molecular complexity index is 150. The van der Waals surface area contributed by atoms with Gasteiger partial charge in [-0.25, -0.2) is 0 Å². The molecule has 92 valence electrons. The predicted molar refractivity (Wildman–Crippen MR) is 71.7 cm³/mol. The van der Waals surface area contributed by atoms with Crippen molar-refractivity contribution < 1.29 is 8.85 Å². The molecule has 0 aliphatic heterocycles. The van der Waals surface area contributed by atoms with Crippen LogP contribution in [-0.4, -0.2) is 26.2 Å². The first kappa shape index (κ1) is 15.6. The van der Waals surface area contributed by atoms with E-state index in [9.17, 15) is 0 Å². The van der Waals surface area contributed by atoms with E-state index in [4.69, 9.17) is 8.85 Å². The van der Waals surface area contributed by atoms with Crippen LogP contribution in [0.1, 0.15) is 47.0 Å². The van der Waals surface area contributed by atoms with E-state index in [2.05, 4.69) is 43.6 Å². The van der Waals surface area contributed by atoms with Crippen molar-refractivity contribution in [2.75, 3.05) is 13.2 Å². The Kier molecular flexibility index (Phi) is 9.09. The normalized spacial score (nSPS) is 14.2. The maximum absolute atomic E-state index is 5.99. The third kappa shape index (κ3) is 4.98. The zero-order valence-corrected chi connectivity index (χ0v) is 13.1. The third-order valence-electron chi connectivity index (χ3n) is 2.49. The molecule has 0 N–H and O–H groups in total. The van der Waals surface area contributed by atoms with Gasteiger partial charge in [-0.15, -0.1) is 0 Å². The summed E-state index contributed by atoms with van der Waals surface area (Å²) in [4.78, 5) is 0. The number of unbranched alkanes of at least 4 members (excludes halogenated alkanes) is 1. The Morgan fingerprint density at radius 3 is 1.93 bits per heavy atom. The smallest absolute Gasteiger partial charge is 0.352 e. The molecular weight excluding hydrogens is 272 g/mol. The number of rotatable bonds is 9. The lowest BCUT2D eigenvalue weighted by molar-refractivity contribution is 0.180. The summed E-state index contributed by atoms with van der Waals surface area (Å²) in [6.45, 7) is 10.0. The zero-order valence-electron chi connectivity index (χ0n) is 10.5. The summed E-state index contributed by atoms with van der Waals surface area (Å²) in [5.41, 5.74) is 0. The summed E-state index contributed by atoms with van der Waals surface area (Å²) in [5.74, 6) is 0. The highest BCUT2D eigenvalue weighted by Gasteiger charge is 2.42. The molecule has 0 aliphatic carbocycles. The highest BCUT2D eigenvalue weighted by Crippen LogP contribution is 2.28. The average Bonchev–Trinajstić information content (AvgIpc) is 2.25. The second-order valence-corrected chi connectivity index (χ2v) is 9.01. The maximum Gasteiger partial charge on any atom is 0.352 e. The van der Waals surface area contributed by atoms with Gasteiger partial charge in [0.25, 0.3) is 0 Å². The molecule has 0 fully saturated rings. The quantitative estimate of drug-likeness (QED) is 0.473. The zero-order chi connectivity index (χ0) is 11.7. The first-order valence-corrected chi connectivity index (χ1v) is 9.10. The second-order valence-electron chi connectivity index (χ2n) is 3.66. The molecule has 0 aromatic rings. The van der Waals surface area contributed by atoms with Crippen LogP contribution in [0.15, 0.2) is 0 Å². The van der Waals surface area contributed by atoms with Gasteiger partial charge >= 0.3 is 8.56 Å². The van der Waals surface area contributed by atoms with Gasteiger partial charge in [0.15, 0.2) is 0 Å². The van der Waals surface area contributed by atoms with Gasteiger partial charge in [-0.3, -0.25) is 0 Å². The molecular formula is C11H25BrO2Si. The van der Waals surface area contributed by atoms with Crippen molar-refractivity contribution in [1.29, 1.82) is 0 Å². The number of halogens is 1. The van der Waals surface area contributed by atoms with E-state index < -0.39 is 8.56 Å². The monoisotopic (exact) mass is 296 g/mol. The van der Waals surface area contributed by atoms with Crippen LogP contribution in [0.3, 0.4) is 0 Å². The van der Waals surface area contributed by atoms with Gasteiger partial charge in [-0.2, -0.15) is 0 Å². The number of hydrogen-bond donors (Lipinski definition) is 0. The highest BCUT2D eigenvalue weighted by atomic mass is 79.9. The molecule has 0 heterocycles. The van der Waals surface area contributed by atoms with Crippen LogP contribution in [0.4, 0.5) is 0 Å². The molecule has 0 spiro atoms. The Hall–Kier alpha value is 0.617. The average molecular weight is 297 g/mol. The van der Waals surface area contributed by atoms with Crippen LogP contribution in [-0.2, 0) is 8.85 Å². The van der Waals surface area contributed by atoms with Gasteiger partial charge < -0.3 is 8.85 Å². The Morgan fingerprint density at radius 1 is 1.07 bits per heavy atom. The molecule has 15 heavy (non-hydrogen) atoms. The predicted octanol–water partition coefficient (Wildman–Crippen LogP) is 4.01. The van der Waals surface area contributed by atoms with E-state index in [0.717, 1.165) is 25.7 Å². The van der Waals surface area contributed by atoms with Gasteiger partial charge in [0.1, 0.15) is 0 Å². The van der Waals surface area contributed by atoms with Crippen LogP contribution >= 0.6 is 15.9 Å². The van der Waals surface area contributed by atoms with E-state index >= 15 is 0 Å². The minimum absolute atomic E-state index is 0.413. The number of alkyl halides is 1. The lowest BCUT2D eigenvalue weighted by Gasteiger charge is -2.33. The van der Waals surface area contributed by atoms with Gasteiger partial charge in [0.05, 0.1) is 4.45 Å². The molecule has 0 rings (SSSR count). The second kappa shape index (κ2) is 8.73. The van der Waals surface area contributed by atoms with Crippen LogP contribution in [0.25, 0.3) is 0 Å². The summed E-state index contributed by atoms with van der Waals surface area (Å²) >= 11 is 3.74. The fourth-order valence-electron chi connectivity index (χ4n) is 1.75. The summed E-state index contributed by atoms with van der Waals surface area (Å²) in [5, 5.41) is 0. The molecule has 0 saturated carbocycles. The van der Waals surface area contributed by atoms with Crippen molar-refractivity contribution in [3.8, 4) is 0 Å². The van der Waals surface area contributed by atoms with Gasteiger partial charge in [0.2, 0.25) is 0 Å². The lowest BCUT2D eigenvalue weighted by atomic mass is 10.4. The number of hydrogen-bond acceptors (Lipinski definition) is 2. The summed E-state index contributed by atoms with van der Waals surface area (Å²) in [6.07, 6.45) is 3.49. The SMILES string of the molecule is CCCC[Si](OCC)(OCC)C(Br)CC. The van der Waals surface area contributed by atoms with Crippen LogP contribution in [0, 0.1) is 0 Å². The first-order chi connectivity index (χ1) is 7.16. The maximum atomic E-state index is 5.99. The van der Waals surface area contributed by atoms with Crippen molar-refractivity contribution in [2.24, 2.45) is 0 Å².